The molecule has 0 unspecified atom stereocenters. The highest BCUT2D eigenvalue weighted by molar-refractivity contribution is 6.30. The number of hydrogen-bond donors (Lipinski definition) is 2. The number of hydrogen-bond acceptors (Lipinski definition) is 3. The zero-order valence-corrected chi connectivity index (χ0v) is 11.5. The Hall–Kier alpha value is -1.95. The van der Waals surface area contributed by atoms with Crippen molar-refractivity contribution in [2.75, 3.05) is 26.2 Å². The summed E-state index contributed by atoms with van der Waals surface area (Å²) in [4.78, 5) is 23.4. The van der Waals surface area contributed by atoms with Crippen LogP contribution in [0.15, 0.2) is 24.3 Å². The summed E-state index contributed by atoms with van der Waals surface area (Å²) in [6.45, 7) is 1.32. The Kier molecular flexibility index (Phi) is 4.68. The molecule has 108 valence electrons. The van der Waals surface area contributed by atoms with Crippen LogP contribution in [0, 0.1) is 5.92 Å². The molecule has 6 nitrogen and oxygen atoms in total. The number of nitrogens with zero attached hydrogens (tertiary/aromatic N) is 1. The van der Waals surface area contributed by atoms with E-state index in [-0.39, 0.29) is 18.4 Å². The summed E-state index contributed by atoms with van der Waals surface area (Å²) >= 11 is 5.73. The van der Waals surface area contributed by atoms with E-state index in [4.69, 9.17) is 21.4 Å². The van der Waals surface area contributed by atoms with Gasteiger partial charge in [0.2, 0.25) is 0 Å². The maximum atomic E-state index is 11.6. The molecule has 0 bridgehead atoms. The fourth-order valence-corrected chi connectivity index (χ4v) is 1.97. The van der Waals surface area contributed by atoms with Crippen LogP contribution >= 0.6 is 11.6 Å². The Balaban J connectivity index is 1.62. The minimum absolute atomic E-state index is 0.0724. The summed E-state index contributed by atoms with van der Waals surface area (Å²) in [6, 6.07) is 6.74. The lowest BCUT2D eigenvalue weighted by Crippen LogP contribution is -2.53. The van der Waals surface area contributed by atoms with E-state index >= 15 is 0 Å². The van der Waals surface area contributed by atoms with Gasteiger partial charge in [-0.1, -0.05) is 11.6 Å². The Morgan fingerprint density at radius 3 is 2.60 bits per heavy atom. The second kappa shape index (κ2) is 6.47. The monoisotopic (exact) mass is 298 g/mol. The van der Waals surface area contributed by atoms with Crippen molar-refractivity contribution in [3.8, 4) is 5.75 Å². The maximum absolute atomic E-state index is 11.6. The van der Waals surface area contributed by atoms with Crippen LogP contribution in [0.4, 0.5) is 4.79 Å². The Morgan fingerprint density at radius 2 is 2.00 bits per heavy atom. The number of amides is 2. The molecule has 1 saturated heterocycles. The number of carbonyl (C=O) groups excluding carboxylic acids is 1. The zero-order valence-electron chi connectivity index (χ0n) is 10.7. The van der Waals surface area contributed by atoms with Crippen LogP contribution in [-0.2, 0) is 4.79 Å². The Labute approximate surface area is 121 Å². The molecule has 1 aliphatic rings. The lowest BCUT2D eigenvalue weighted by atomic mass is 10.0. The predicted molar refractivity (Wildman–Crippen MR) is 73.0 cm³/mol. The van der Waals surface area contributed by atoms with Crippen molar-refractivity contribution in [1.29, 1.82) is 0 Å². The molecule has 1 aromatic rings. The van der Waals surface area contributed by atoms with E-state index in [2.05, 4.69) is 5.32 Å². The molecule has 1 fully saturated rings. The minimum Gasteiger partial charge on any atom is -0.484 e. The first-order valence-electron chi connectivity index (χ1n) is 6.17. The second-order valence-electron chi connectivity index (χ2n) is 4.60. The van der Waals surface area contributed by atoms with Gasteiger partial charge in [0, 0.05) is 30.6 Å². The van der Waals surface area contributed by atoms with Crippen molar-refractivity contribution in [2.24, 2.45) is 5.92 Å². The number of carbonyl (C=O) groups is 2. The third kappa shape index (κ3) is 4.03. The van der Waals surface area contributed by atoms with Gasteiger partial charge in [-0.25, -0.2) is 4.79 Å². The van der Waals surface area contributed by atoms with E-state index in [0.717, 1.165) is 0 Å². The van der Waals surface area contributed by atoms with Gasteiger partial charge in [0.1, 0.15) is 5.75 Å². The van der Waals surface area contributed by atoms with Crippen LogP contribution in [0.3, 0.4) is 0 Å². The normalized spacial score (nSPS) is 14.6. The van der Waals surface area contributed by atoms with Gasteiger partial charge in [-0.2, -0.15) is 0 Å². The average molecular weight is 299 g/mol. The highest BCUT2D eigenvalue weighted by Crippen LogP contribution is 2.16. The highest BCUT2D eigenvalue weighted by atomic mass is 35.5. The third-order valence-corrected chi connectivity index (χ3v) is 3.25. The summed E-state index contributed by atoms with van der Waals surface area (Å²) in [6.07, 6.45) is -0.918. The van der Waals surface area contributed by atoms with Crippen LogP contribution in [0.25, 0.3) is 0 Å². The van der Waals surface area contributed by atoms with Crippen LogP contribution in [-0.4, -0.2) is 48.2 Å². The van der Waals surface area contributed by atoms with Crippen LogP contribution < -0.4 is 10.1 Å². The fourth-order valence-electron chi connectivity index (χ4n) is 1.84. The topological polar surface area (TPSA) is 78.9 Å². The molecule has 20 heavy (non-hydrogen) atoms. The molecular formula is C13H15ClN2O4. The van der Waals surface area contributed by atoms with E-state index in [1.54, 1.807) is 24.3 Å². The van der Waals surface area contributed by atoms with E-state index in [9.17, 15) is 9.59 Å². The van der Waals surface area contributed by atoms with Crippen molar-refractivity contribution in [2.45, 2.75) is 0 Å². The SMILES string of the molecule is O=C(COc1ccc(Cl)cc1)NCC1CN(C(=O)O)C1. The summed E-state index contributed by atoms with van der Waals surface area (Å²) < 4.78 is 5.29. The first kappa shape index (κ1) is 14.5. The standard InChI is InChI=1S/C13H15ClN2O4/c14-10-1-3-11(4-2-10)20-8-12(17)15-5-9-6-16(7-9)13(18)19/h1-4,9H,5-8H2,(H,15,17)(H,18,19). The third-order valence-electron chi connectivity index (χ3n) is 3.00. The number of benzene rings is 1. The molecule has 0 saturated carbocycles. The molecule has 1 aliphatic heterocycles. The predicted octanol–water partition coefficient (Wildman–Crippen LogP) is 1.44. The van der Waals surface area contributed by atoms with Crippen molar-refractivity contribution in [3.63, 3.8) is 0 Å². The van der Waals surface area contributed by atoms with Crippen LogP contribution in [0.2, 0.25) is 5.02 Å². The minimum atomic E-state index is -0.918. The average Bonchev–Trinajstić information content (AvgIpc) is 2.35. The number of rotatable bonds is 5. The van der Waals surface area contributed by atoms with Gasteiger partial charge in [-0.15, -0.1) is 0 Å². The number of halogens is 1. The van der Waals surface area contributed by atoms with Crippen molar-refractivity contribution in [3.05, 3.63) is 29.3 Å². The fraction of sp³-hybridized carbons (Fsp3) is 0.385. The molecule has 1 heterocycles. The quantitative estimate of drug-likeness (QED) is 0.862. The molecule has 0 atom stereocenters. The summed E-state index contributed by atoms with van der Waals surface area (Å²) in [5, 5.41) is 12.0. The smallest absolute Gasteiger partial charge is 0.407 e. The van der Waals surface area contributed by atoms with E-state index in [1.165, 1.54) is 4.90 Å². The number of ether oxygens (including phenoxy) is 1. The Morgan fingerprint density at radius 1 is 1.35 bits per heavy atom. The molecule has 0 radical (unpaired) electrons. The van der Waals surface area contributed by atoms with E-state index in [0.29, 0.717) is 30.4 Å². The van der Waals surface area contributed by atoms with Gasteiger partial charge >= 0.3 is 6.09 Å². The van der Waals surface area contributed by atoms with Gasteiger partial charge in [0.15, 0.2) is 6.61 Å². The van der Waals surface area contributed by atoms with Crippen LogP contribution in [0.5, 0.6) is 5.75 Å². The van der Waals surface area contributed by atoms with Crippen molar-refractivity contribution < 1.29 is 19.4 Å². The summed E-state index contributed by atoms with van der Waals surface area (Å²) in [5.41, 5.74) is 0. The second-order valence-corrected chi connectivity index (χ2v) is 5.04. The summed E-state index contributed by atoms with van der Waals surface area (Å²) in [5.74, 6) is 0.532. The van der Waals surface area contributed by atoms with Gasteiger partial charge in [0.05, 0.1) is 0 Å². The molecular weight excluding hydrogens is 284 g/mol. The van der Waals surface area contributed by atoms with E-state index in [1.807, 2.05) is 0 Å². The molecule has 0 aromatic heterocycles. The molecule has 2 N–H and O–H groups in total. The zero-order chi connectivity index (χ0) is 14.5. The maximum Gasteiger partial charge on any atom is 0.407 e. The van der Waals surface area contributed by atoms with Gasteiger partial charge in [0.25, 0.3) is 5.91 Å². The summed E-state index contributed by atoms with van der Waals surface area (Å²) in [7, 11) is 0. The van der Waals surface area contributed by atoms with E-state index < -0.39 is 6.09 Å². The number of carboxylic acid groups (broad SMARTS) is 1. The first-order valence-corrected chi connectivity index (χ1v) is 6.55. The first-order chi connectivity index (χ1) is 9.54. The highest BCUT2D eigenvalue weighted by Gasteiger charge is 2.30. The largest absolute Gasteiger partial charge is 0.484 e. The lowest BCUT2D eigenvalue weighted by molar-refractivity contribution is -0.123. The van der Waals surface area contributed by atoms with Crippen molar-refractivity contribution >= 4 is 23.6 Å². The molecule has 1 aromatic carbocycles. The van der Waals surface area contributed by atoms with Gasteiger partial charge in [-0.3, -0.25) is 4.79 Å². The van der Waals surface area contributed by atoms with Crippen molar-refractivity contribution in [1.82, 2.24) is 10.2 Å². The molecule has 7 heteroatoms. The molecule has 0 aliphatic carbocycles. The van der Waals surface area contributed by atoms with Gasteiger partial charge in [-0.05, 0) is 24.3 Å². The molecule has 2 amide bonds. The lowest BCUT2D eigenvalue weighted by Gasteiger charge is -2.36. The van der Waals surface area contributed by atoms with Crippen LogP contribution in [0.1, 0.15) is 0 Å². The number of nitrogens with one attached hydrogen (secondary N) is 1. The molecule has 0 spiro atoms. The van der Waals surface area contributed by atoms with Gasteiger partial charge < -0.3 is 20.1 Å². The Bertz CT molecular complexity index is 486. The number of likely N-dealkylation sites (tertiary alicyclic amines) is 1. The molecule has 2 rings (SSSR count).